The third kappa shape index (κ3) is 9.41. The highest BCUT2D eigenvalue weighted by Gasteiger charge is 2.44. The summed E-state index contributed by atoms with van der Waals surface area (Å²) in [6.07, 6.45) is 0.156. The predicted octanol–water partition coefficient (Wildman–Crippen LogP) is 6.10. The minimum atomic E-state index is -0.956. The van der Waals surface area contributed by atoms with Crippen LogP contribution in [0.5, 0.6) is 0 Å². The predicted molar refractivity (Wildman–Crippen MR) is 156 cm³/mol. The molecule has 7 nitrogen and oxygen atoms in total. The van der Waals surface area contributed by atoms with Crippen LogP contribution in [0.25, 0.3) is 0 Å². The van der Waals surface area contributed by atoms with Gasteiger partial charge in [0.25, 0.3) is 0 Å². The summed E-state index contributed by atoms with van der Waals surface area (Å²) in [7, 11) is 0. The largest absolute Gasteiger partial charge is 0.444 e. The molecule has 39 heavy (non-hydrogen) atoms. The van der Waals surface area contributed by atoms with Crippen molar-refractivity contribution in [2.45, 2.75) is 111 Å². The molecule has 0 spiro atoms. The van der Waals surface area contributed by atoms with Gasteiger partial charge in [0.2, 0.25) is 11.8 Å². The molecule has 0 heterocycles. The van der Waals surface area contributed by atoms with Crippen LogP contribution in [0.1, 0.15) is 91.5 Å². The highest BCUT2D eigenvalue weighted by molar-refractivity contribution is 5.93. The third-order valence-electron chi connectivity index (χ3n) is 6.51. The number of amides is 3. The molecule has 7 heteroatoms. The van der Waals surface area contributed by atoms with E-state index in [1.165, 1.54) is 0 Å². The van der Waals surface area contributed by atoms with Gasteiger partial charge in [0.1, 0.15) is 17.7 Å². The smallest absolute Gasteiger partial charge is 0.408 e. The number of nitrogens with zero attached hydrogens (tertiary/aromatic N) is 1. The van der Waals surface area contributed by atoms with Gasteiger partial charge in [-0.15, -0.1) is 0 Å². The summed E-state index contributed by atoms with van der Waals surface area (Å²) in [5, 5.41) is 5.91. The molecule has 0 bridgehead atoms. The lowest BCUT2D eigenvalue weighted by Gasteiger charge is -2.45. The molecule has 0 saturated carbocycles. The highest BCUT2D eigenvalue weighted by Crippen LogP contribution is 2.34. The van der Waals surface area contributed by atoms with E-state index in [0.29, 0.717) is 6.42 Å². The summed E-state index contributed by atoms with van der Waals surface area (Å²) in [5.41, 5.74) is 0.558. The zero-order valence-electron chi connectivity index (χ0n) is 25.3. The maximum atomic E-state index is 14.6. The fourth-order valence-corrected chi connectivity index (χ4v) is 4.34. The summed E-state index contributed by atoms with van der Waals surface area (Å²) in [5.74, 6) is -0.628. The van der Waals surface area contributed by atoms with Crippen molar-refractivity contribution >= 4 is 17.9 Å². The van der Waals surface area contributed by atoms with E-state index in [1.807, 2.05) is 103 Å². The average molecular weight is 538 g/mol. The molecule has 2 aromatic carbocycles. The third-order valence-corrected chi connectivity index (χ3v) is 6.51. The Balaban J connectivity index is 2.69. The van der Waals surface area contributed by atoms with Crippen LogP contribution in [0.3, 0.4) is 0 Å². The Morgan fingerprint density at radius 1 is 0.872 bits per heavy atom. The van der Waals surface area contributed by atoms with Crippen molar-refractivity contribution in [2.75, 3.05) is 0 Å². The molecule has 0 aliphatic carbocycles. The molecule has 0 aromatic heterocycles. The summed E-state index contributed by atoms with van der Waals surface area (Å²) in [6, 6.07) is 15.3. The van der Waals surface area contributed by atoms with Crippen molar-refractivity contribution < 1.29 is 19.1 Å². The Hall–Kier alpha value is -3.35. The number of hydrogen-bond donors (Lipinski definition) is 2. The van der Waals surface area contributed by atoms with E-state index in [-0.39, 0.29) is 18.2 Å². The average Bonchev–Trinajstić information content (AvgIpc) is 2.80. The molecule has 2 unspecified atom stereocenters. The Bertz CT molecular complexity index is 1130. The lowest BCUT2D eigenvalue weighted by Crippen LogP contribution is -2.60. The first kappa shape index (κ1) is 31.9. The number of ether oxygens (including phenoxy) is 1. The van der Waals surface area contributed by atoms with Gasteiger partial charge in [-0.2, -0.15) is 0 Å². The number of hydrogen-bond acceptors (Lipinski definition) is 4. The van der Waals surface area contributed by atoms with Crippen molar-refractivity contribution in [3.05, 3.63) is 71.3 Å². The summed E-state index contributed by atoms with van der Waals surface area (Å²) in [6.45, 7) is 18.9. The molecular formula is C32H47N3O4. The van der Waals surface area contributed by atoms with Crippen molar-refractivity contribution in [2.24, 2.45) is 0 Å². The van der Waals surface area contributed by atoms with E-state index in [9.17, 15) is 14.4 Å². The van der Waals surface area contributed by atoms with Crippen LogP contribution in [-0.4, -0.2) is 45.5 Å². The zero-order valence-corrected chi connectivity index (χ0v) is 25.3. The molecule has 0 saturated heterocycles. The Morgan fingerprint density at radius 2 is 1.44 bits per heavy atom. The molecule has 0 radical (unpaired) electrons. The summed E-state index contributed by atoms with van der Waals surface area (Å²) in [4.78, 5) is 43.2. The normalized spacial score (nSPS) is 13.7. The van der Waals surface area contributed by atoms with Crippen molar-refractivity contribution in [3.63, 3.8) is 0 Å². The fraction of sp³-hybridized carbons (Fsp3) is 0.531. The quantitative estimate of drug-likeness (QED) is 0.404. The van der Waals surface area contributed by atoms with E-state index in [2.05, 4.69) is 10.6 Å². The molecule has 0 aliphatic rings. The first-order valence-corrected chi connectivity index (χ1v) is 13.7. The van der Waals surface area contributed by atoms with Gasteiger partial charge in [-0.1, -0.05) is 61.5 Å². The number of carbonyl (C=O) groups excluding carboxylic acids is 3. The number of carbonyl (C=O) groups is 3. The minimum absolute atomic E-state index is 0.247. The number of rotatable bonds is 9. The monoisotopic (exact) mass is 537 g/mol. The minimum Gasteiger partial charge on any atom is -0.444 e. The van der Waals surface area contributed by atoms with E-state index in [1.54, 1.807) is 25.7 Å². The second-order valence-electron chi connectivity index (χ2n) is 12.8. The standard InChI is InChI=1S/C32H47N3O4/c1-11-32(9,10)35(26(27(36)34-30(3,4)5)24-20-16-15-17-22(24)2)28(37)25(21-23-18-13-12-14-19-23)33-29(38)39-31(6,7)8/h12-20,25-26H,11,21H2,1-10H3,(H,33,38)(H,34,36). The molecule has 214 valence electrons. The van der Waals surface area contributed by atoms with Gasteiger partial charge >= 0.3 is 6.09 Å². The van der Waals surface area contributed by atoms with E-state index in [0.717, 1.165) is 16.7 Å². The summed E-state index contributed by atoms with van der Waals surface area (Å²) >= 11 is 0. The maximum Gasteiger partial charge on any atom is 0.408 e. The lowest BCUT2D eigenvalue weighted by molar-refractivity contribution is -0.149. The highest BCUT2D eigenvalue weighted by atomic mass is 16.6. The van der Waals surface area contributed by atoms with Crippen LogP contribution >= 0.6 is 0 Å². The first-order chi connectivity index (χ1) is 17.9. The Morgan fingerprint density at radius 3 is 1.95 bits per heavy atom. The first-order valence-electron chi connectivity index (χ1n) is 13.7. The van der Waals surface area contributed by atoms with Gasteiger partial charge in [-0.25, -0.2) is 4.79 Å². The SMILES string of the molecule is CCC(C)(C)N(C(=O)C(Cc1ccccc1)NC(=O)OC(C)(C)C)C(C(=O)NC(C)(C)C)c1ccccc1C. The van der Waals surface area contributed by atoms with Gasteiger partial charge in [0.05, 0.1) is 0 Å². The van der Waals surface area contributed by atoms with Crippen molar-refractivity contribution in [1.29, 1.82) is 0 Å². The molecule has 2 atom stereocenters. The van der Waals surface area contributed by atoms with Crippen LogP contribution in [0.4, 0.5) is 4.79 Å². The van der Waals surface area contributed by atoms with Crippen LogP contribution in [0.2, 0.25) is 0 Å². The topological polar surface area (TPSA) is 87.7 Å². The van der Waals surface area contributed by atoms with Crippen LogP contribution in [0.15, 0.2) is 54.6 Å². The second-order valence-corrected chi connectivity index (χ2v) is 12.8. The molecule has 0 aliphatic heterocycles. The van der Waals surface area contributed by atoms with Gasteiger partial charge < -0.3 is 20.3 Å². The molecule has 3 amide bonds. The second kappa shape index (κ2) is 12.7. The molecule has 2 rings (SSSR count). The van der Waals surface area contributed by atoms with Gasteiger partial charge in [0, 0.05) is 17.5 Å². The number of aryl methyl sites for hydroxylation is 1. The lowest BCUT2D eigenvalue weighted by atomic mass is 9.89. The van der Waals surface area contributed by atoms with Crippen LogP contribution in [-0.2, 0) is 20.7 Å². The number of alkyl carbamates (subject to hydrolysis) is 1. The van der Waals surface area contributed by atoms with Crippen molar-refractivity contribution in [3.8, 4) is 0 Å². The van der Waals surface area contributed by atoms with Gasteiger partial charge in [0.15, 0.2) is 0 Å². The summed E-state index contributed by atoms with van der Waals surface area (Å²) < 4.78 is 5.53. The van der Waals surface area contributed by atoms with Crippen LogP contribution in [0, 0.1) is 6.92 Å². The Labute approximate surface area is 234 Å². The maximum absolute atomic E-state index is 14.6. The molecular weight excluding hydrogens is 490 g/mol. The Kier molecular flexibility index (Phi) is 10.4. The number of benzene rings is 2. The van der Waals surface area contributed by atoms with Gasteiger partial charge in [-0.05, 0) is 85.4 Å². The molecule has 2 aromatic rings. The van der Waals surface area contributed by atoms with Gasteiger partial charge in [-0.3, -0.25) is 9.59 Å². The van der Waals surface area contributed by atoms with E-state index >= 15 is 0 Å². The zero-order chi connectivity index (χ0) is 29.6. The van der Waals surface area contributed by atoms with E-state index in [4.69, 9.17) is 4.74 Å². The van der Waals surface area contributed by atoms with Crippen LogP contribution < -0.4 is 10.6 Å². The number of nitrogens with one attached hydrogen (secondary N) is 2. The van der Waals surface area contributed by atoms with E-state index < -0.39 is 34.9 Å². The molecule has 2 N–H and O–H groups in total. The van der Waals surface area contributed by atoms with Crippen molar-refractivity contribution in [1.82, 2.24) is 15.5 Å². The fourth-order valence-electron chi connectivity index (χ4n) is 4.34. The molecule has 0 fully saturated rings.